The summed E-state index contributed by atoms with van der Waals surface area (Å²) >= 11 is 9.67. The maximum Gasteiger partial charge on any atom is 0.243 e. The summed E-state index contributed by atoms with van der Waals surface area (Å²) in [4.78, 5) is 26.7. The topological polar surface area (TPSA) is 70.7 Å². The zero-order valence-corrected chi connectivity index (χ0v) is 20.3. The summed E-state index contributed by atoms with van der Waals surface area (Å²) in [5, 5.41) is 0.654. The summed E-state index contributed by atoms with van der Waals surface area (Å²) in [6.07, 6.45) is 0.180. The molecule has 0 bridgehead atoms. The maximum absolute atomic E-state index is 12.6. The molecule has 0 radical (unpaired) electrons. The lowest BCUT2D eigenvalue weighted by Crippen LogP contribution is -2.36. The second kappa shape index (κ2) is 10.3. The summed E-state index contributed by atoms with van der Waals surface area (Å²) in [6, 6.07) is 20.6. The van der Waals surface area contributed by atoms with E-state index >= 15 is 0 Å². The largest absolute Gasteiger partial charge is 0.488 e. The van der Waals surface area contributed by atoms with Crippen molar-refractivity contribution in [1.29, 1.82) is 0 Å². The number of ether oxygens (including phenoxy) is 1. The number of benzene rings is 3. The molecule has 4 rings (SSSR count). The van der Waals surface area contributed by atoms with E-state index in [-0.39, 0.29) is 18.2 Å². The number of hydrogen-bond acceptors (Lipinski definition) is 4. The number of hydrazine groups is 1. The van der Waals surface area contributed by atoms with Gasteiger partial charge in [0.05, 0.1) is 16.1 Å². The van der Waals surface area contributed by atoms with Gasteiger partial charge in [0.2, 0.25) is 11.8 Å². The summed E-state index contributed by atoms with van der Waals surface area (Å²) in [5.74, 6) is -0.0511. The van der Waals surface area contributed by atoms with E-state index < -0.39 is 5.92 Å². The number of hydrogen-bond donors (Lipinski definition) is 2. The second-order valence-corrected chi connectivity index (χ2v) is 9.14. The molecule has 170 valence electrons. The van der Waals surface area contributed by atoms with Crippen LogP contribution in [0.2, 0.25) is 5.02 Å². The lowest BCUT2D eigenvalue weighted by molar-refractivity contribution is -0.125. The highest BCUT2D eigenvalue weighted by molar-refractivity contribution is 9.10. The van der Waals surface area contributed by atoms with E-state index in [4.69, 9.17) is 16.3 Å². The van der Waals surface area contributed by atoms with Crippen molar-refractivity contribution in [3.63, 3.8) is 0 Å². The monoisotopic (exact) mass is 527 g/mol. The zero-order chi connectivity index (χ0) is 23.4. The van der Waals surface area contributed by atoms with Crippen LogP contribution in [0.3, 0.4) is 0 Å². The Labute approximate surface area is 206 Å². The smallest absolute Gasteiger partial charge is 0.243 e. The Kier molecular flexibility index (Phi) is 7.20. The van der Waals surface area contributed by atoms with Crippen LogP contribution < -0.4 is 20.5 Å². The summed E-state index contributed by atoms with van der Waals surface area (Å²) in [6.45, 7) is 2.69. The fourth-order valence-corrected chi connectivity index (χ4v) is 4.24. The van der Waals surface area contributed by atoms with Gasteiger partial charge in [-0.25, -0.2) is 0 Å². The minimum Gasteiger partial charge on any atom is -0.488 e. The van der Waals surface area contributed by atoms with Gasteiger partial charge in [0.25, 0.3) is 0 Å². The highest BCUT2D eigenvalue weighted by atomic mass is 79.9. The minimum atomic E-state index is -0.423. The van der Waals surface area contributed by atoms with Crippen LogP contribution >= 0.6 is 27.5 Å². The molecule has 3 aromatic carbocycles. The standard InChI is InChI=1S/C25H23BrClN3O3/c1-16-6-9-20(10-7-16)30-14-18(12-24(30)31)25(32)29-28-19-8-11-23(21(26)13-19)33-15-17-4-2-3-5-22(17)27/h2-11,13,18,28H,12,14-15H2,1H3,(H,29,32)/t18-/m1/s1. The van der Waals surface area contributed by atoms with Gasteiger partial charge in [-0.05, 0) is 59.3 Å². The number of nitrogens with one attached hydrogen (secondary N) is 2. The van der Waals surface area contributed by atoms with Gasteiger partial charge in [0, 0.05) is 29.2 Å². The Balaban J connectivity index is 1.31. The molecule has 1 fully saturated rings. The van der Waals surface area contributed by atoms with E-state index in [1.165, 1.54) is 0 Å². The molecule has 33 heavy (non-hydrogen) atoms. The maximum atomic E-state index is 12.6. The molecule has 6 nitrogen and oxygen atoms in total. The average Bonchev–Trinajstić information content (AvgIpc) is 3.20. The highest BCUT2D eigenvalue weighted by Crippen LogP contribution is 2.30. The van der Waals surface area contributed by atoms with Gasteiger partial charge >= 0.3 is 0 Å². The third-order valence-corrected chi connectivity index (χ3v) is 6.43. The van der Waals surface area contributed by atoms with Crippen LogP contribution in [-0.4, -0.2) is 18.4 Å². The molecule has 2 N–H and O–H groups in total. The van der Waals surface area contributed by atoms with Crippen LogP contribution in [0.1, 0.15) is 17.5 Å². The van der Waals surface area contributed by atoms with Crippen LogP contribution in [0.25, 0.3) is 0 Å². The fraction of sp³-hybridized carbons (Fsp3) is 0.200. The van der Waals surface area contributed by atoms with Gasteiger partial charge in [0.1, 0.15) is 12.4 Å². The third kappa shape index (κ3) is 5.67. The Morgan fingerprint density at radius 3 is 2.64 bits per heavy atom. The van der Waals surface area contributed by atoms with Crippen LogP contribution in [-0.2, 0) is 16.2 Å². The molecule has 1 atom stereocenters. The van der Waals surface area contributed by atoms with Gasteiger partial charge in [0.15, 0.2) is 0 Å². The molecule has 2 amide bonds. The Bertz CT molecular complexity index is 1170. The Morgan fingerprint density at radius 1 is 1.15 bits per heavy atom. The van der Waals surface area contributed by atoms with E-state index in [1.54, 1.807) is 23.1 Å². The van der Waals surface area contributed by atoms with Crippen molar-refractivity contribution < 1.29 is 14.3 Å². The molecule has 0 spiro atoms. The Morgan fingerprint density at radius 2 is 1.91 bits per heavy atom. The van der Waals surface area contributed by atoms with E-state index in [0.717, 1.165) is 21.3 Å². The number of anilines is 2. The summed E-state index contributed by atoms with van der Waals surface area (Å²) in [5.41, 5.74) is 9.13. The van der Waals surface area contributed by atoms with Crippen molar-refractivity contribution in [3.8, 4) is 5.75 Å². The van der Waals surface area contributed by atoms with Crippen LogP contribution in [0.15, 0.2) is 71.2 Å². The molecule has 0 unspecified atom stereocenters. The molecule has 3 aromatic rings. The van der Waals surface area contributed by atoms with E-state index in [2.05, 4.69) is 26.8 Å². The molecular formula is C25H23BrClN3O3. The zero-order valence-electron chi connectivity index (χ0n) is 18.0. The molecule has 8 heteroatoms. The summed E-state index contributed by atoms with van der Waals surface area (Å²) < 4.78 is 6.58. The second-order valence-electron chi connectivity index (χ2n) is 7.88. The van der Waals surface area contributed by atoms with E-state index in [9.17, 15) is 9.59 Å². The van der Waals surface area contributed by atoms with Crippen molar-refractivity contribution in [1.82, 2.24) is 5.43 Å². The van der Waals surface area contributed by atoms with Crippen molar-refractivity contribution in [2.45, 2.75) is 20.0 Å². The lowest BCUT2D eigenvalue weighted by Gasteiger charge is -2.17. The quantitative estimate of drug-likeness (QED) is 0.398. The lowest BCUT2D eigenvalue weighted by atomic mass is 10.1. The molecular weight excluding hydrogens is 506 g/mol. The van der Waals surface area contributed by atoms with Gasteiger partial charge in [-0.2, -0.15) is 0 Å². The first kappa shape index (κ1) is 23.1. The van der Waals surface area contributed by atoms with Crippen molar-refractivity contribution in [3.05, 3.63) is 87.4 Å². The normalized spacial score (nSPS) is 15.4. The highest BCUT2D eigenvalue weighted by Gasteiger charge is 2.35. The fourth-order valence-electron chi connectivity index (χ4n) is 3.56. The van der Waals surface area contributed by atoms with Gasteiger partial charge in [-0.3, -0.25) is 20.4 Å². The van der Waals surface area contributed by atoms with E-state index in [1.807, 2.05) is 55.5 Å². The molecule has 0 aromatic heterocycles. The van der Waals surface area contributed by atoms with Gasteiger partial charge in [-0.1, -0.05) is 47.5 Å². The number of amides is 2. The molecule has 0 saturated carbocycles. The first-order valence-corrected chi connectivity index (χ1v) is 11.7. The predicted molar refractivity (Wildman–Crippen MR) is 133 cm³/mol. The minimum absolute atomic E-state index is 0.0539. The van der Waals surface area contributed by atoms with Crippen molar-refractivity contribution >= 4 is 50.7 Å². The van der Waals surface area contributed by atoms with Crippen LogP contribution in [0, 0.1) is 12.8 Å². The van der Waals surface area contributed by atoms with Gasteiger partial charge in [-0.15, -0.1) is 0 Å². The number of nitrogens with zero attached hydrogens (tertiary/aromatic N) is 1. The predicted octanol–water partition coefficient (Wildman–Crippen LogP) is 5.49. The van der Waals surface area contributed by atoms with Crippen LogP contribution in [0.4, 0.5) is 11.4 Å². The number of carbonyl (C=O) groups excluding carboxylic acids is 2. The first-order valence-electron chi connectivity index (χ1n) is 10.5. The van der Waals surface area contributed by atoms with Gasteiger partial charge < -0.3 is 9.64 Å². The third-order valence-electron chi connectivity index (χ3n) is 5.44. The number of aryl methyl sites for hydroxylation is 1. The molecule has 1 heterocycles. The average molecular weight is 529 g/mol. The molecule has 0 aliphatic carbocycles. The number of halogens is 2. The summed E-state index contributed by atoms with van der Waals surface area (Å²) in [7, 11) is 0. The molecule has 1 saturated heterocycles. The molecule has 1 aliphatic heterocycles. The first-order chi connectivity index (χ1) is 15.9. The molecule has 1 aliphatic rings. The van der Waals surface area contributed by atoms with Crippen molar-refractivity contribution in [2.75, 3.05) is 16.9 Å². The van der Waals surface area contributed by atoms with E-state index in [0.29, 0.717) is 29.6 Å². The Hall–Kier alpha value is -3.03. The number of rotatable bonds is 7. The van der Waals surface area contributed by atoms with Crippen LogP contribution in [0.5, 0.6) is 5.75 Å². The van der Waals surface area contributed by atoms with Crippen molar-refractivity contribution in [2.24, 2.45) is 5.92 Å². The number of carbonyl (C=O) groups is 2. The SMILES string of the molecule is Cc1ccc(N2C[C@H](C(=O)NNc3ccc(OCc4ccccc4Cl)c(Br)c3)CC2=O)cc1.